The van der Waals surface area contributed by atoms with Crippen molar-refractivity contribution < 1.29 is 0 Å². The van der Waals surface area contributed by atoms with Gasteiger partial charge in [0.25, 0.3) is 0 Å². The van der Waals surface area contributed by atoms with Crippen molar-refractivity contribution >= 4 is 5.78 Å². The average molecular weight is 245 g/mol. The molecule has 0 aromatic carbocycles. The molecule has 2 N–H and O–H groups in total. The first-order chi connectivity index (χ1) is 8.72. The molecule has 1 fully saturated rings. The van der Waals surface area contributed by atoms with Crippen LogP contribution in [0.25, 0.3) is 5.78 Å². The highest BCUT2D eigenvalue weighted by Crippen LogP contribution is 2.20. The molecule has 0 amide bonds. The maximum Gasteiger partial charge on any atom is 0.233 e. The summed E-state index contributed by atoms with van der Waals surface area (Å²) in [5, 5.41) is 0. The predicted molar refractivity (Wildman–Crippen MR) is 70.0 cm³/mol. The van der Waals surface area contributed by atoms with Gasteiger partial charge in [-0.15, -0.1) is 0 Å². The fraction of sp³-hybridized carbons (Fsp3) is 0.538. The fourth-order valence-corrected chi connectivity index (χ4v) is 2.62. The van der Waals surface area contributed by atoms with E-state index in [1.54, 1.807) is 6.20 Å². The summed E-state index contributed by atoms with van der Waals surface area (Å²) in [4.78, 5) is 11.2. The molecule has 2 aromatic heterocycles. The lowest BCUT2D eigenvalue weighted by Gasteiger charge is -2.16. The first kappa shape index (κ1) is 11.6. The van der Waals surface area contributed by atoms with Gasteiger partial charge in [-0.25, -0.2) is 9.97 Å². The molecule has 3 rings (SSSR count). The van der Waals surface area contributed by atoms with E-state index in [4.69, 9.17) is 5.73 Å². The van der Waals surface area contributed by atoms with Gasteiger partial charge in [-0.3, -0.25) is 9.30 Å². The summed E-state index contributed by atoms with van der Waals surface area (Å²) >= 11 is 0. The van der Waals surface area contributed by atoms with E-state index in [0.717, 1.165) is 31.1 Å². The van der Waals surface area contributed by atoms with Gasteiger partial charge in [-0.05, 0) is 31.9 Å². The van der Waals surface area contributed by atoms with Gasteiger partial charge in [-0.2, -0.15) is 0 Å². The Balaban J connectivity index is 1.70. The lowest BCUT2D eigenvalue weighted by molar-refractivity contribution is 0.305. The van der Waals surface area contributed by atoms with Crippen molar-refractivity contribution in [1.82, 2.24) is 19.3 Å². The Hall–Kier alpha value is -1.46. The van der Waals surface area contributed by atoms with Gasteiger partial charge in [0, 0.05) is 37.7 Å². The third-order valence-corrected chi connectivity index (χ3v) is 3.72. The third kappa shape index (κ3) is 2.23. The van der Waals surface area contributed by atoms with Crippen LogP contribution < -0.4 is 5.73 Å². The first-order valence-electron chi connectivity index (χ1n) is 6.49. The van der Waals surface area contributed by atoms with Crippen LogP contribution >= 0.6 is 0 Å². The molecule has 0 spiro atoms. The Kier molecular flexibility index (Phi) is 3.01. The van der Waals surface area contributed by atoms with Gasteiger partial charge in [0.05, 0.1) is 5.69 Å². The highest BCUT2D eigenvalue weighted by molar-refractivity contribution is 5.29. The maximum absolute atomic E-state index is 5.96. The minimum Gasteiger partial charge on any atom is -0.328 e. The van der Waals surface area contributed by atoms with Crippen LogP contribution in [0.4, 0.5) is 0 Å². The lowest BCUT2D eigenvalue weighted by atomic mass is 10.0. The quantitative estimate of drug-likeness (QED) is 0.872. The Morgan fingerprint density at radius 3 is 3.17 bits per heavy atom. The Morgan fingerprint density at radius 2 is 2.44 bits per heavy atom. The molecule has 1 saturated heterocycles. The molecule has 2 aromatic rings. The van der Waals surface area contributed by atoms with Crippen LogP contribution in [-0.4, -0.2) is 38.4 Å². The average Bonchev–Trinajstić information content (AvgIpc) is 2.94. The predicted octanol–water partition coefficient (Wildman–Crippen LogP) is 0.898. The summed E-state index contributed by atoms with van der Waals surface area (Å²) in [6, 6.07) is 2.21. The van der Waals surface area contributed by atoms with Crippen molar-refractivity contribution in [2.24, 2.45) is 11.7 Å². The molecule has 0 saturated carbocycles. The van der Waals surface area contributed by atoms with Crippen LogP contribution in [0.5, 0.6) is 0 Å². The highest BCUT2D eigenvalue weighted by Gasteiger charge is 2.25. The summed E-state index contributed by atoms with van der Waals surface area (Å²) in [5.41, 5.74) is 7.04. The van der Waals surface area contributed by atoms with Gasteiger partial charge in [0.2, 0.25) is 5.78 Å². The van der Waals surface area contributed by atoms with Crippen molar-refractivity contribution in [3.05, 3.63) is 30.4 Å². The molecule has 2 atom stereocenters. The molecular weight excluding hydrogens is 226 g/mol. The van der Waals surface area contributed by atoms with Gasteiger partial charge in [0.15, 0.2) is 0 Å². The monoisotopic (exact) mass is 245 g/mol. The largest absolute Gasteiger partial charge is 0.328 e. The molecule has 1 aliphatic rings. The molecule has 5 nitrogen and oxygen atoms in total. The standard InChI is InChI=1S/C13H19N5/c1-10(14)11-3-6-17(7-11)8-12-9-18-5-2-4-15-13(18)16-12/h2,4-5,9-11H,3,6-8,14H2,1H3. The Labute approximate surface area is 107 Å². The molecule has 2 unspecified atom stereocenters. The molecule has 0 aliphatic carbocycles. The van der Waals surface area contributed by atoms with E-state index in [0.29, 0.717) is 5.92 Å². The Morgan fingerprint density at radius 1 is 1.56 bits per heavy atom. The summed E-state index contributed by atoms with van der Waals surface area (Å²) in [7, 11) is 0. The Bertz CT molecular complexity index is 500. The highest BCUT2D eigenvalue weighted by atomic mass is 15.2. The van der Waals surface area contributed by atoms with Crippen molar-refractivity contribution in [2.75, 3.05) is 13.1 Å². The molecule has 96 valence electrons. The number of nitrogens with zero attached hydrogens (tertiary/aromatic N) is 4. The summed E-state index contributed by atoms with van der Waals surface area (Å²) in [6.07, 6.45) is 7.01. The second-order valence-corrected chi connectivity index (χ2v) is 5.20. The van der Waals surface area contributed by atoms with E-state index in [2.05, 4.69) is 28.0 Å². The van der Waals surface area contributed by atoms with Crippen LogP contribution in [0.1, 0.15) is 19.0 Å². The first-order valence-corrected chi connectivity index (χ1v) is 6.49. The summed E-state index contributed by atoms with van der Waals surface area (Å²) in [6.45, 7) is 5.20. The number of nitrogens with two attached hydrogens (primary N) is 1. The summed E-state index contributed by atoms with van der Waals surface area (Å²) < 4.78 is 1.97. The fourth-order valence-electron chi connectivity index (χ4n) is 2.62. The number of imidazole rings is 1. The van der Waals surface area contributed by atoms with Crippen molar-refractivity contribution in [3.63, 3.8) is 0 Å². The van der Waals surface area contributed by atoms with E-state index in [-0.39, 0.29) is 6.04 Å². The SMILES string of the molecule is CC(N)C1CCN(Cc2cn3cccnc3n2)C1. The topological polar surface area (TPSA) is 59.5 Å². The zero-order chi connectivity index (χ0) is 12.5. The summed E-state index contributed by atoms with van der Waals surface area (Å²) in [5.74, 6) is 1.40. The smallest absolute Gasteiger partial charge is 0.233 e. The third-order valence-electron chi connectivity index (χ3n) is 3.72. The molecule has 3 heterocycles. The van der Waals surface area contributed by atoms with Crippen LogP contribution in [0.15, 0.2) is 24.7 Å². The van der Waals surface area contributed by atoms with Crippen LogP contribution in [0.3, 0.4) is 0 Å². The minimum atomic E-state index is 0.290. The molecule has 18 heavy (non-hydrogen) atoms. The van der Waals surface area contributed by atoms with Gasteiger partial charge < -0.3 is 5.73 Å². The van der Waals surface area contributed by atoms with Gasteiger partial charge in [0.1, 0.15) is 0 Å². The van der Waals surface area contributed by atoms with Crippen molar-refractivity contribution in [1.29, 1.82) is 0 Å². The van der Waals surface area contributed by atoms with Crippen molar-refractivity contribution in [2.45, 2.75) is 25.9 Å². The normalized spacial score (nSPS) is 22.7. The van der Waals surface area contributed by atoms with E-state index in [1.165, 1.54) is 6.42 Å². The number of fused-ring (bicyclic) bond motifs is 1. The number of aromatic nitrogens is 3. The minimum absolute atomic E-state index is 0.290. The van der Waals surface area contributed by atoms with Crippen LogP contribution in [0, 0.1) is 5.92 Å². The van der Waals surface area contributed by atoms with Crippen molar-refractivity contribution in [3.8, 4) is 0 Å². The van der Waals surface area contributed by atoms with Gasteiger partial charge in [-0.1, -0.05) is 0 Å². The number of hydrogen-bond acceptors (Lipinski definition) is 4. The zero-order valence-electron chi connectivity index (χ0n) is 10.7. The molecular formula is C13H19N5. The molecule has 5 heteroatoms. The number of likely N-dealkylation sites (tertiary alicyclic amines) is 1. The number of rotatable bonds is 3. The second-order valence-electron chi connectivity index (χ2n) is 5.20. The van der Waals surface area contributed by atoms with Crippen LogP contribution in [0.2, 0.25) is 0 Å². The van der Waals surface area contributed by atoms with E-state index in [1.807, 2.05) is 16.7 Å². The van der Waals surface area contributed by atoms with E-state index < -0.39 is 0 Å². The molecule has 0 radical (unpaired) electrons. The van der Waals surface area contributed by atoms with E-state index >= 15 is 0 Å². The number of hydrogen-bond donors (Lipinski definition) is 1. The lowest BCUT2D eigenvalue weighted by Crippen LogP contribution is -2.29. The second kappa shape index (κ2) is 4.66. The zero-order valence-corrected chi connectivity index (χ0v) is 10.7. The maximum atomic E-state index is 5.96. The van der Waals surface area contributed by atoms with E-state index in [9.17, 15) is 0 Å². The van der Waals surface area contributed by atoms with Crippen LogP contribution in [-0.2, 0) is 6.54 Å². The molecule has 0 bridgehead atoms. The van der Waals surface area contributed by atoms with Gasteiger partial charge >= 0.3 is 0 Å². The molecule has 1 aliphatic heterocycles.